The topological polar surface area (TPSA) is 17.1 Å². The number of allylic oxidation sites excluding steroid dienone is 4. The molecule has 2 aliphatic carbocycles. The van der Waals surface area contributed by atoms with Crippen molar-refractivity contribution in [2.24, 2.45) is 16.7 Å². The van der Waals surface area contributed by atoms with Gasteiger partial charge in [-0.2, -0.15) is 0 Å². The molecule has 3 rings (SSSR count). The van der Waals surface area contributed by atoms with Gasteiger partial charge in [0.05, 0.1) is 0 Å². The molecule has 2 aliphatic rings. The molecule has 1 nitrogen and oxygen atoms in total. The average molecular weight is 252 g/mol. The summed E-state index contributed by atoms with van der Waals surface area (Å²) >= 11 is 0. The van der Waals surface area contributed by atoms with Crippen LogP contribution < -0.4 is 0 Å². The average Bonchev–Trinajstić information content (AvgIpc) is 2.63. The Morgan fingerprint density at radius 3 is 2.47 bits per heavy atom. The van der Waals surface area contributed by atoms with Gasteiger partial charge in [0, 0.05) is 11.3 Å². The van der Waals surface area contributed by atoms with Crippen LogP contribution in [0.4, 0.5) is 0 Å². The van der Waals surface area contributed by atoms with Gasteiger partial charge in [0.2, 0.25) is 0 Å². The third-order valence-electron chi connectivity index (χ3n) is 4.73. The second-order valence-electron chi connectivity index (χ2n) is 6.64. The highest BCUT2D eigenvalue weighted by molar-refractivity contribution is 6.07. The van der Waals surface area contributed by atoms with E-state index in [4.69, 9.17) is 0 Å². The molecule has 0 N–H and O–H groups in total. The molecule has 19 heavy (non-hydrogen) atoms. The molecule has 0 amide bonds. The van der Waals surface area contributed by atoms with E-state index < -0.39 is 0 Å². The molecule has 0 heterocycles. The molecule has 0 aromatic heterocycles. The Kier molecular flexibility index (Phi) is 2.57. The smallest absolute Gasteiger partial charge is 0.160 e. The van der Waals surface area contributed by atoms with Crippen LogP contribution in [-0.2, 0) is 4.79 Å². The zero-order valence-corrected chi connectivity index (χ0v) is 11.8. The molecule has 0 fully saturated rings. The molecule has 0 saturated carbocycles. The van der Waals surface area contributed by atoms with Crippen LogP contribution in [0.25, 0.3) is 5.57 Å². The summed E-state index contributed by atoms with van der Waals surface area (Å²) in [4.78, 5) is 12.5. The van der Waals surface area contributed by atoms with Gasteiger partial charge in [-0.15, -0.1) is 0 Å². The molecule has 0 bridgehead atoms. The van der Waals surface area contributed by atoms with Gasteiger partial charge in [0.15, 0.2) is 5.78 Å². The minimum atomic E-state index is -0.153. The Hall–Kier alpha value is -1.63. The van der Waals surface area contributed by atoms with Gasteiger partial charge in [0.25, 0.3) is 0 Å². The van der Waals surface area contributed by atoms with Crippen molar-refractivity contribution in [1.29, 1.82) is 0 Å². The minimum Gasteiger partial charge on any atom is -0.294 e. The highest BCUT2D eigenvalue weighted by Crippen LogP contribution is 2.57. The Labute approximate surface area is 115 Å². The highest BCUT2D eigenvalue weighted by Gasteiger charge is 2.53. The van der Waals surface area contributed by atoms with E-state index in [0.29, 0.717) is 0 Å². The van der Waals surface area contributed by atoms with Crippen LogP contribution in [0.1, 0.15) is 32.8 Å². The van der Waals surface area contributed by atoms with Crippen LogP contribution in [0, 0.1) is 16.7 Å². The number of carbonyl (C=O) groups excluding carboxylic acids is 1. The summed E-state index contributed by atoms with van der Waals surface area (Å²) < 4.78 is 0. The van der Waals surface area contributed by atoms with Crippen LogP contribution in [-0.4, -0.2) is 5.78 Å². The highest BCUT2D eigenvalue weighted by atomic mass is 16.1. The van der Waals surface area contributed by atoms with E-state index in [1.54, 1.807) is 0 Å². The zero-order valence-electron chi connectivity index (χ0n) is 11.8. The number of fused-ring (bicyclic) bond motifs is 1. The molecule has 0 unspecified atom stereocenters. The second-order valence-corrected chi connectivity index (χ2v) is 6.64. The van der Waals surface area contributed by atoms with Crippen LogP contribution in [0.2, 0.25) is 0 Å². The fourth-order valence-electron chi connectivity index (χ4n) is 3.95. The van der Waals surface area contributed by atoms with Crippen LogP contribution in [0.5, 0.6) is 0 Å². The molecule has 0 saturated heterocycles. The maximum absolute atomic E-state index is 12.5. The fourth-order valence-corrected chi connectivity index (χ4v) is 3.95. The summed E-state index contributed by atoms with van der Waals surface area (Å²) in [7, 11) is 0. The van der Waals surface area contributed by atoms with Gasteiger partial charge in [0.1, 0.15) is 0 Å². The van der Waals surface area contributed by atoms with Crippen molar-refractivity contribution in [3.05, 3.63) is 54.1 Å². The maximum atomic E-state index is 12.5. The summed E-state index contributed by atoms with van der Waals surface area (Å²) in [6.07, 6.45) is 7.34. The van der Waals surface area contributed by atoms with Crippen LogP contribution in [0.3, 0.4) is 0 Å². The first kappa shape index (κ1) is 12.4. The summed E-state index contributed by atoms with van der Waals surface area (Å²) in [5.41, 5.74) is 2.23. The lowest BCUT2D eigenvalue weighted by Gasteiger charge is -2.44. The fraction of sp³-hybridized carbons (Fsp3) is 0.389. The number of benzene rings is 1. The van der Waals surface area contributed by atoms with E-state index in [-0.39, 0.29) is 22.5 Å². The maximum Gasteiger partial charge on any atom is 0.160 e. The lowest BCUT2D eigenvalue weighted by atomic mass is 9.58. The predicted octanol–water partition coefficient (Wildman–Crippen LogP) is 4.26. The molecule has 98 valence electrons. The standard InChI is InChI=1S/C18H20O/c1-17(2)10-7-11-18(3)14(12-15(19)16(17)18)13-8-5-4-6-9-13/h4-9,11-12,16H,10H2,1-3H3/t16-,18-/m0/s1. The molecule has 1 heteroatoms. The van der Waals surface area contributed by atoms with Gasteiger partial charge < -0.3 is 0 Å². The predicted molar refractivity (Wildman–Crippen MR) is 78.6 cm³/mol. The summed E-state index contributed by atoms with van der Waals surface area (Å²) in [6.45, 7) is 6.62. The molecular formula is C18H20O. The first-order chi connectivity index (χ1) is 8.95. The zero-order chi connectivity index (χ0) is 13.7. The molecular weight excluding hydrogens is 232 g/mol. The summed E-state index contributed by atoms with van der Waals surface area (Å²) in [6, 6.07) is 10.3. The number of hydrogen-bond acceptors (Lipinski definition) is 1. The Bertz CT molecular complexity index is 577. The van der Waals surface area contributed by atoms with Crippen molar-refractivity contribution < 1.29 is 4.79 Å². The van der Waals surface area contributed by atoms with Crippen molar-refractivity contribution in [1.82, 2.24) is 0 Å². The van der Waals surface area contributed by atoms with Crippen molar-refractivity contribution in [3.63, 3.8) is 0 Å². The molecule has 2 atom stereocenters. The lowest BCUT2D eigenvalue weighted by Crippen LogP contribution is -2.40. The summed E-state index contributed by atoms with van der Waals surface area (Å²) in [5.74, 6) is 0.357. The molecule has 1 aromatic carbocycles. The van der Waals surface area contributed by atoms with E-state index in [0.717, 1.165) is 6.42 Å². The van der Waals surface area contributed by atoms with Gasteiger partial charge in [-0.1, -0.05) is 63.3 Å². The van der Waals surface area contributed by atoms with E-state index in [9.17, 15) is 4.79 Å². The van der Waals surface area contributed by atoms with E-state index in [1.807, 2.05) is 24.3 Å². The first-order valence-corrected chi connectivity index (χ1v) is 6.94. The number of carbonyl (C=O) groups is 1. The van der Waals surface area contributed by atoms with E-state index >= 15 is 0 Å². The van der Waals surface area contributed by atoms with Gasteiger partial charge in [-0.05, 0) is 29.0 Å². The van der Waals surface area contributed by atoms with Gasteiger partial charge >= 0.3 is 0 Å². The Balaban J connectivity index is 2.14. The summed E-state index contributed by atoms with van der Waals surface area (Å²) in [5, 5.41) is 0. The normalized spacial score (nSPS) is 32.1. The Morgan fingerprint density at radius 1 is 1.11 bits per heavy atom. The van der Waals surface area contributed by atoms with Gasteiger partial charge in [-0.25, -0.2) is 0 Å². The van der Waals surface area contributed by atoms with Crippen LogP contribution >= 0.6 is 0 Å². The minimum absolute atomic E-state index is 0.0353. The third kappa shape index (κ3) is 1.72. The lowest BCUT2D eigenvalue weighted by molar-refractivity contribution is -0.123. The molecule has 0 aliphatic heterocycles. The van der Waals surface area contributed by atoms with E-state index in [1.165, 1.54) is 11.1 Å². The third-order valence-corrected chi connectivity index (χ3v) is 4.73. The van der Waals surface area contributed by atoms with E-state index in [2.05, 4.69) is 45.1 Å². The number of ketones is 1. The monoisotopic (exact) mass is 252 g/mol. The van der Waals surface area contributed by atoms with Crippen molar-refractivity contribution in [2.45, 2.75) is 27.2 Å². The largest absolute Gasteiger partial charge is 0.294 e. The number of hydrogen-bond donors (Lipinski definition) is 0. The van der Waals surface area contributed by atoms with Crippen LogP contribution in [0.15, 0.2) is 48.6 Å². The van der Waals surface area contributed by atoms with Crippen molar-refractivity contribution >= 4 is 11.4 Å². The second kappa shape index (κ2) is 3.93. The Morgan fingerprint density at radius 2 is 1.79 bits per heavy atom. The molecule has 0 spiro atoms. The van der Waals surface area contributed by atoms with Crippen molar-refractivity contribution in [3.8, 4) is 0 Å². The SMILES string of the molecule is CC1(C)CC=C[C@@]2(C)C(c3ccccc3)=CC(=O)[C@@H]12. The first-order valence-electron chi connectivity index (χ1n) is 6.94. The molecule has 1 aromatic rings. The van der Waals surface area contributed by atoms with Crippen molar-refractivity contribution in [2.75, 3.05) is 0 Å². The van der Waals surface area contributed by atoms with Gasteiger partial charge in [-0.3, -0.25) is 4.79 Å². The quantitative estimate of drug-likeness (QED) is 0.682. The number of rotatable bonds is 1. The molecule has 0 radical (unpaired) electrons.